The van der Waals surface area contributed by atoms with Gasteiger partial charge in [-0.25, -0.2) is 0 Å². The van der Waals surface area contributed by atoms with Gasteiger partial charge in [-0.15, -0.1) is 0 Å². The number of carbonyl (C=O) groups is 1. The van der Waals surface area contributed by atoms with Crippen LogP contribution < -0.4 is 0 Å². The lowest BCUT2D eigenvalue weighted by atomic mass is 9.77. The van der Waals surface area contributed by atoms with Crippen molar-refractivity contribution < 1.29 is 14.6 Å². The Morgan fingerprint density at radius 1 is 1.28 bits per heavy atom. The van der Waals surface area contributed by atoms with Gasteiger partial charge < -0.3 is 9.84 Å². The van der Waals surface area contributed by atoms with Crippen molar-refractivity contribution in [3.8, 4) is 0 Å². The fourth-order valence-electron chi connectivity index (χ4n) is 2.35. The van der Waals surface area contributed by atoms with Crippen molar-refractivity contribution >= 4 is 5.97 Å². The molecule has 108 valence electrons. The molecule has 18 heavy (non-hydrogen) atoms. The first-order valence-electron chi connectivity index (χ1n) is 7.27. The largest absolute Gasteiger partial charge is 0.466 e. The van der Waals surface area contributed by atoms with E-state index >= 15 is 0 Å². The quantitative estimate of drug-likeness (QED) is 0.610. The number of aliphatic hydroxyl groups is 1. The van der Waals surface area contributed by atoms with Gasteiger partial charge in [-0.05, 0) is 37.5 Å². The predicted octanol–water partition coefficient (Wildman–Crippen LogP) is 3.54. The minimum atomic E-state index is -0.190. The van der Waals surface area contributed by atoms with Gasteiger partial charge in [0.25, 0.3) is 0 Å². The van der Waals surface area contributed by atoms with E-state index in [4.69, 9.17) is 4.74 Å². The molecule has 0 aromatic carbocycles. The number of rotatable bonds is 10. The number of hydrogen-bond acceptors (Lipinski definition) is 3. The van der Waals surface area contributed by atoms with E-state index in [0.717, 1.165) is 19.3 Å². The Hall–Kier alpha value is -0.570. The third kappa shape index (κ3) is 7.00. The third-order valence-electron chi connectivity index (χ3n) is 3.88. The average molecular weight is 258 g/mol. The van der Waals surface area contributed by atoms with E-state index in [1.165, 1.54) is 12.8 Å². The number of carbonyl (C=O) groups excluding carboxylic acids is 1. The molecule has 0 rings (SSSR count). The number of esters is 1. The molecule has 0 aliphatic heterocycles. The smallest absolute Gasteiger partial charge is 0.306 e. The highest BCUT2D eigenvalue weighted by atomic mass is 16.5. The van der Waals surface area contributed by atoms with E-state index in [0.29, 0.717) is 18.4 Å². The molecule has 0 aliphatic carbocycles. The second-order valence-electron chi connectivity index (χ2n) is 5.51. The molecular weight excluding hydrogens is 228 g/mol. The lowest BCUT2D eigenvalue weighted by molar-refractivity contribution is -0.144. The Bertz CT molecular complexity index is 228. The summed E-state index contributed by atoms with van der Waals surface area (Å²) in [5, 5.41) is 9.33. The Balaban J connectivity index is 4.16. The normalized spacial score (nSPS) is 16.1. The van der Waals surface area contributed by atoms with Gasteiger partial charge in [0.15, 0.2) is 0 Å². The molecule has 0 heterocycles. The Labute approximate surface area is 112 Å². The van der Waals surface area contributed by atoms with Crippen LogP contribution in [0.25, 0.3) is 0 Å². The highest BCUT2D eigenvalue weighted by Gasteiger charge is 2.23. The van der Waals surface area contributed by atoms with Gasteiger partial charge in [0, 0.05) is 6.61 Å². The zero-order valence-corrected chi connectivity index (χ0v) is 12.5. The molecule has 3 heteroatoms. The number of aliphatic hydroxyl groups excluding tert-OH is 1. The fourth-order valence-corrected chi connectivity index (χ4v) is 2.35. The van der Waals surface area contributed by atoms with Crippen molar-refractivity contribution in [3.63, 3.8) is 0 Å². The second-order valence-corrected chi connectivity index (χ2v) is 5.51. The van der Waals surface area contributed by atoms with Crippen LogP contribution in [0.2, 0.25) is 0 Å². The first-order valence-corrected chi connectivity index (χ1v) is 7.27. The van der Waals surface area contributed by atoms with Crippen LogP contribution in [0.4, 0.5) is 0 Å². The van der Waals surface area contributed by atoms with E-state index in [1.54, 1.807) is 6.92 Å². The maximum absolute atomic E-state index is 11.4. The molecule has 0 saturated carbocycles. The molecule has 2 atom stereocenters. The molecule has 1 unspecified atom stereocenters. The van der Waals surface area contributed by atoms with Gasteiger partial charge in [0.05, 0.1) is 13.0 Å². The SMILES string of the molecule is CCCC(C)(CC)CC[C@@H](CO)CC(=O)OCC. The molecule has 0 aromatic heterocycles. The molecule has 0 bridgehead atoms. The van der Waals surface area contributed by atoms with Crippen LogP contribution in [0.1, 0.15) is 66.2 Å². The second kappa shape index (κ2) is 9.37. The Kier molecular flexibility index (Phi) is 9.08. The molecule has 0 aromatic rings. The standard InChI is InChI=1S/C15H30O3/c1-5-9-15(4,6-2)10-8-13(12-16)11-14(17)18-7-3/h13,16H,5-12H2,1-4H3/t13-,15?/m1/s1. The van der Waals surface area contributed by atoms with Crippen molar-refractivity contribution in [1.82, 2.24) is 0 Å². The Morgan fingerprint density at radius 3 is 2.39 bits per heavy atom. The molecule has 1 N–H and O–H groups in total. The van der Waals surface area contributed by atoms with Crippen molar-refractivity contribution in [2.24, 2.45) is 11.3 Å². The topological polar surface area (TPSA) is 46.5 Å². The van der Waals surface area contributed by atoms with Crippen LogP contribution in [0.3, 0.4) is 0 Å². The summed E-state index contributed by atoms with van der Waals surface area (Å²) >= 11 is 0. The first kappa shape index (κ1) is 17.4. The van der Waals surface area contributed by atoms with Crippen LogP contribution >= 0.6 is 0 Å². The molecule has 0 radical (unpaired) electrons. The maximum Gasteiger partial charge on any atom is 0.306 e. The summed E-state index contributed by atoms with van der Waals surface area (Å²) in [5.74, 6) is -0.142. The minimum Gasteiger partial charge on any atom is -0.466 e. The summed E-state index contributed by atoms with van der Waals surface area (Å²) in [6, 6.07) is 0. The molecule has 0 saturated heterocycles. The van der Waals surface area contributed by atoms with Crippen molar-refractivity contribution in [1.29, 1.82) is 0 Å². The summed E-state index contributed by atoms with van der Waals surface area (Å²) in [7, 11) is 0. The third-order valence-corrected chi connectivity index (χ3v) is 3.88. The first-order chi connectivity index (χ1) is 8.51. The molecule has 0 amide bonds. The van der Waals surface area contributed by atoms with E-state index in [-0.39, 0.29) is 18.5 Å². The van der Waals surface area contributed by atoms with E-state index in [9.17, 15) is 9.90 Å². The van der Waals surface area contributed by atoms with Crippen LogP contribution in [0.5, 0.6) is 0 Å². The van der Waals surface area contributed by atoms with Crippen LogP contribution in [-0.2, 0) is 9.53 Å². The maximum atomic E-state index is 11.4. The summed E-state index contributed by atoms with van der Waals surface area (Å²) in [5.41, 5.74) is 0.344. The summed E-state index contributed by atoms with van der Waals surface area (Å²) < 4.78 is 4.93. The lowest BCUT2D eigenvalue weighted by Crippen LogP contribution is -2.20. The van der Waals surface area contributed by atoms with Gasteiger partial charge in [0.1, 0.15) is 0 Å². The van der Waals surface area contributed by atoms with Crippen molar-refractivity contribution in [2.75, 3.05) is 13.2 Å². The molecule has 0 aliphatic rings. The highest BCUT2D eigenvalue weighted by Crippen LogP contribution is 2.34. The van der Waals surface area contributed by atoms with Crippen LogP contribution in [0.15, 0.2) is 0 Å². The zero-order chi connectivity index (χ0) is 14.0. The van der Waals surface area contributed by atoms with Crippen LogP contribution in [0, 0.1) is 11.3 Å². The predicted molar refractivity (Wildman–Crippen MR) is 74.4 cm³/mol. The molecule has 0 spiro atoms. The Morgan fingerprint density at radius 2 is 1.94 bits per heavy atom. The summed E-state index contributed by atoms with van der Waals surface area (Å²) in [6.45, 7) is 9.02. The van der Waals surface area contributed by atoms with E-state index in [2.05, 4.69) is 20.8 Å². The van der Waals surface area contributed by atoms with Gasteiger partial charge in [0.2, 0.25) is 0 Å². The van der Waals surface area contributed by atoms with E-state index < -0.39 is 0 Å². The van der Waals surface area contributed by atoms with Crippen molar-refractivity contribution in [3.05, 3.63) is 0 Å². The van der Waals surface area contributed by atoms with Gasteiger partial charge in [-0.1, -0.05) is 33.6 Å². The van der Waals surface area contributed by atoms with Gasteiger partial charge in [-0.2, -0.15) is 0 Å². The summed E-state index contributed by atoms with van der Waals surface area (Å²) in [6.07, 6.45) is 5.86. The highest BCUT2D eigenvalue weighted by molar-refractivity contribution is 5.69. The molecule has 0 fully saturated rings. The fraction of sp³-hybridized carbons (Fsp3) is 0.933. The number of hydrogen-bond donors (Lipinski definition) is 1. The van der Waals surface area contributed by atoms with Gasteiger partial charge >= 0.3 is 5.97 Å². The zero-order valence-electron chi connectivity index (χ0n) is 12.5. The number of ether oxygens (including phenoxy) is 1. The monoisotopic (exact) mass is 258 g/mol. The molecular formula is C15H30O3. The molecule has 3 nitrogen and oxygen atoms in total. The minimum absolute atomic E-state index is 0.0479. The lowest BCUT2D eigenvalue weighted by Gasteiger charge is -2.29. The van der Waals surface area contributed by atoms with E-state index in [1.807, 2.05) is 0 Å². The van der Waals surface area contributed by atoms with Gasteiger partial charge in [-0.3, -0.25) is 4.79 Å². The van der Waals surface area contributed by atoms with Crippen molar-refractivity contribution in [2.45, 2.75) is 66.2 Å². The summed E-state index contributed by atoms with van der Waals surface area (Å²) in [4.78, 5) is 11.4. The van der Waals surface area contributed by atoms with Crippen LogP contribution in [-0.4, -0.2) is 24.3 Å². The average Bonchev–Trinajstić information content (AvgIpc) is 2.35.